The van der Waals surface area contributed by atoms with Crippen molar-refractivity contribution < 1.29 is 22.5 Å². The largest absolute Gasteiger partial charge is 0.367 e. The van der Waals surface area contributed by atoms with Crippen LogP contribution in [0.5, 0.6) is 0 Å². The van der Waals surface area contributed by atoms with E-state index in [2.05, 4.69) is 5.32 Å². The molecule has 1 N–H and O–H groups in total. The van der Waals surface area contributed by atoms with Crippen molar-refractivity contribution in [2.75, 3.05) is 6.67 Å². The number of piperidine rings is 1. The highest BCUT2D eigenvalue weighted by Crippen LogP contribution is 2.41. The molecule has 23 heavy (non-hydrogen) atoms. The monoisotopic (exact) mass is 350 g/mol. The molecule has 2 rings (SSSR count). The lowest BCUT2D eigenvalue weighted by molar-refractivity contribution is -0.385. The number of nitro groups is 1. The van der Waals surface area contributed by atoms with Crippen LogP contribution in [0, 0.1) is 21.7 Å². The summed E-state index contributed by atoms with van der Waals surface area (Å²) in [6.45, 7) is 0.289. The second kappa shape index (κ2) is 6.03. The van der Waals surface area contributed by atoms with Gasteiger partial charge >= 0.3 is 0 Å². The van der Waals surface area contributed by atoms with E-state index in [1.54, 1.807) is 6.92 Å². The first kappa shape index (κ1) is 17.6. The minimum absolute atomic E-state index is 0.0818. The van der Waals surface area contributed by atoms with Gasteiger partial charge in [0.2, 0.25) is 0 Å². The Morgan fingerprint density at radius 1 is 1.39 bits per heavy atom. The van der Waals surface area contributed by atoms with Gasteiger partial charge in [-0.1, -0.05) is 19.1 Å². The van der Waals surface area contributed by atoms with Crippen LogP contribution in [0.1, 0.15) is 31.7 Å². The van der Waals surface area contributed by atoms with E-state index in [-0.39, 0.29) is 24.8 Å². The molecular formula is C14H14F4N2O2S. The standard InChI is InChI=1S/C14H14F4N2O2S/c1-2-14(4-3-13(18,7-15)12(23)19-14)9-5-8(20(21)22)6-10(16)11(9)17/h5-6H,2-4,7H2,1H3,(H,19,23)/t13-,14+/m1/s1. The lowest BCUT2D eigenvalue weighted by Crippen LogP contribution is -2.58. The number of halogens is 4. The predicted molar refractivity (Wildman–Crippen MR) is 79.8 cm³/mol. The van der Waals surface area contributed by atoms with Crippen molar-refractivity contribution in [2.24, 2.45) is 0 Å². The van der Waals surface area contributed by atoms with E-state index in [4.69, 9.17) is 12.2 Å². The third-order valence-corrected chi connectivity index (χ3v) is 4.73. The summed E-state index contributed by atoms with van der Waals surface area (Å²) in [7, 11) is 0. The van der Waals surface area contributed by atoms with Crippen LogP contribution in [0.4, 0.5) is 23.2 Å². The van der Waals surface area contributed by atoms with Crippen LogP contribution in [-0.4, -0.2) is 22.3 Å². The first-order chi connectivity index (χ1) is 10.7. The first-order valence-electron chi connectivity index (χ1n) is 6.90. The zero-order valence-electron chi connectivity index (χ0n) is 12.2. The fourth-order valence-electron chi connectivity index (χ4n) is 2.73. The van der Waals surface area contributed by atoms with Crippen molar-refractivity contribution in [3.63, 3.8) is 0 Å². The van der Waals surface area contributed by atoms with E-state index in [9.17, 15) is 27.7 Å². The Morgan fingerprint density at radius 3 is 2.52 bits per heavy atom. The van der Waals surface area contributed by atoms with Gasteiger partial charge in [0.1, 0.15) is 11.7 Å². The molecule has 1 aliphatic heterocycles. The highest BCUT2D eigenvalue weighted by molar-refractivity contribution is 7.80. The summed E-state index contributed by atoms with van der Waals surface area (Å²) in [6.07, 6.45) is -0.248. The third kappa shape index (κ3) is 2.89. The van der Waals surface area contributed by atoms with E-state index in [0.717, 1.165) is 6.07 Å². The summed E-state index contributed by atoms with van der Waals surface area (Å²) < 4.78 is 55.0. The summed E-state index contributed by atoms with van der Waals surface area (Å²) in [4.78, 5) is 9.57. The predicted octanol–water partition coefficient (Wildman–Crippen LogP) is 3.87. The molecule has 0 spiro atoms. The van der Waals surface area contributed by atoms with E-state index < -0.39 is 45.1 Å². The smallest absolute Gasteiger partial charge is 0.272 e. The maximum atomic E-state index is 14.2. The number of hydrogen-bond acceptors (Lipinski definition) is 3. The number of benzene rings is 1. The van der Waals surface area contributed by atoms with E-state index in [1.165, 1.54) is 0 Å². The van der Waals surface area contributed by atoms with E-state index in [1.807, 2.05) is 0 Å². The van der Waals surface area contributed by atoms with Gasteiger partial charge in [-0.3, -0.25) is 10.1 Å². The van der Waals surface area contributed by atoms with Crippen molar-refractivity contribution >= 4 is 22.9 Å². The average Bonchev–Trinajstić information content (AvgIpc) is 2.52. The summed E-state index contributed by atoms with van der Waals surface area (Å²) in [5.41, 5.74) is -4.61. The summed E-state index contributed by atoms with van der Waals surface area (Å²) >= 11 is 4.84. The Morgan fingerprint density at radius 2 is 2.04 bits per heavy atom. The third-order valence-electron chi connectivity index (χ3n) is 4.26. The molecule has 0 radical (unpaired) electrons. The lowest BCUT2D eigenvalue weighted by Gasteiger charge is -2.44. The van der Waals surface area contributed by atoms with Gasteiger partial charge in [0, 0.05) is 11.6 Å². The number of rotatable bonds is 4. The van der Waals surface area contributed by atoms with Crippen LogP contribution in [0.15, 0.2) is 12.1 Å². The van der Waals surface area contributed by atoms with Crippen LogP contribution in [0.3, 0.4) is 0 Å². The van der Waals surface area contributed by atoms with Gasteiger partial charge in [-0.15, -0.1) is 0 Å². The maximum Gasteiger partial charge on any atom is 0.272 e. The molecule has 0 aliphatic carbocycles. The fraction of sp³-hybridized carbons (Fsp3) is 0.500. The van der Waals surface area contributed by atoms with Crippen LogP contribution < -0.4 is 5.32 Å². The van der Waals surface area contributed by atoms with Gasteiger partial charge in [0.05, 0.1) is 16.5 Å². The zero-order chi connectivity index (χ0) is 17.4. The van der Waals surface area contributed by atoms with Crippen molar-refractivity contribution in [3.8, 4) is 0 Å². The fourth-order valence-corrected chi connectivity index (χ4v) is 3.08. The number of alkyl halides is 2. The summed E-state index contributed by atoms with van der Waals surface area (Å²) in [6, 6.07) is 1.38. The quantitative estimate of drug-likeness (QED) is 0.388. The molecule has 1 aromatic rings. The van der Waals surface area contributed by atoms with E-state index in [0.29, 0.717) is 6.07 Å². The Kier molecular flexibility index (Phi) is 4.61. The Hall–Kier alpha value is -1.77. The Balaban J connectivity index is 2.54. The number of nitrogens with one attached hydrogen (secondary N) is 1. The second-order valence-corrected chi connectivity index (χ2v) is 5.94. The molecule has 0 amide bonds. The number of thiocarbonyl (C=S) groups is 1. The van der Waals surface area contributed by atoms with Crippen LogP contribution in [0.25, 0.3) is 0 Å². The van der Waals surface area contributed by atoms with Gasteiger partial charge in [-0.2, -0.15) is 0 Å². The molecule has 9 heteroatoms. The molecular weight excluding hydrogens is 336 g/mol. The van der Waals surface area contributed by atoms with Gasteiger partial charge in [0.25, 0.3) is 5.69 Å². The van der Waals surface area contributed by atoms with Gasteiger partial charge in [0.15, 0.2) is 17.3 Å². The van der Waals surface area contributed by atoms with Gasteiger partial charge in [-0.25, -0.2) is 17.6 Å². The summed E-state index contributed by atoms with van der Waals surface area (Å²) in [5, 5.41) is 13.4. The summed E-state index contributed by atoms with van der Waals surface area (Å²) in [5.74, 6) is -2.64. The molecule has 0 aromatic heterocycles. The number of nitrogens with zero attached hydrogens (tertiary/aromatic N) is 1. The maximum absolute atomic E-state index is 14.2. The minimum Gasteiger partial charge on any atom is -0.367 e. The molecule has 1 heterocycles. The highest BCUT2D eigenvalue weighted by atomic mass is 32.1. The molecule has 0 unspecified atom stereocenters. The Labute approximate surface area is 135 Å². The molecule has 4 nitrogen and oxygen atoms in total. The highest BCUT2D eigenvalue weighted by Gasteiger charge is 2.48. The molecule has 126 valence electrons. The van der Waals surface area contributed by atoms with Crippen LogP contribution in [-0.2, 0) is 5.54 Å². The van der Waals surface area contributed by atoms with Gasteiger partial charge < -0.3 is 5.32 Å². The number of hydrogen-bond donors (Lipinski definition) is 1. The first-order valence-corrected chi connectivity index (χ1v) is 7.31. The van der Waals surface area contributed by atoms with Crippen molar-refractivity contribution in [1.29, 1.82) is 0 Å². The van der Waals surface area contributed by atoms with Crippen LogP contribution >= 0.6 is 12.2 Å². The number of non-ortho nitro benzene ring substituents is 1. The topological polar surface area (TPSA) is 55.2 Å². The van der Waals surface area contributed by atoms with E-state index >= 15 is 0 Å². The molecule has 1 saturated heterocycles. The van der Waals surface area contributed by atoms with Crippen molar-refractivity contribution in [1.82, 2.24) is 5.32 Å². The SMILES string of the molecule is CC[C@@]1(c2cc([N+](=O)[O-])cc(F)c2F)CC[C@@](F)(CF)C(=S)N1. The lowest BCUT2D eigenvalue weighted by atomic mass is 9.76. The van der Waals surface area contributed by atoms with Crippen molar-refractivity contribution in [2.45, 2.75) is 37.4 Å². The van der Waals surface area contributed by atoms with Gasteiger partial charge in [-0.05, 0) is 19.3 Å². The van der Waals surface area contributed by atoms with Crippen LogP contribution in [0.2, 0.25) is 0 Å². The minimum atomic E-state index is -2.36. The zero-order valence-corrected chi connectivity index (χ0v) is 13.0. The van der Waals surface area contributed by atoms with Crippen molar-refractivity contribution in [3.05, 3.63) is 39.4 Å². The molecule has 0 bridgehead atoms. The molecule has 0 saturated carbocycles. The number of nitro benzene ring substituents is 1. The second-order valence-electron chi connectivity index (χ2n) is 5.53. The normalized spacial score (nSPS) is 27.6. The molecule has 1 aromatic carbocycles. The molecule has 1 fully saturated rings. The Bertz CT molecular complexity index is 672. The molecule has 2 atom stereocenters. The molecule has 1 aliphatic rings. The average molecular weight is 350 g/mol.